The summed E-state index contributed by atoms with van der Waals surface area (Å²) in [4.78, 5) is 23.4. The predicted molar refractivity (Wildman–Crippen MR) is 80.6 cm³/mol. The van der Waals surface area contributed by atoms with E-state index in [2.05, 4.69) is 20.3 Å². The minimum Gasteiger partial charge on any atom is -0.324 e. The molecule has 0 aliphatic carbocycles. The first-order valence-corrected chi connectivity index (χ1v) is 6.94. The van der Waals surface area contributed by atoms with E-state index in [1.165, 1.54) is 6.08 Å². The molecule has 2 heterocycles. The van der Waals surface area contributed by atoms with Crippen molar-refractivity contribution < 1.29 is 4.79 Å². The number of nitrogens with zero attached hydrogens (tertiary/aromatic N) is 2. The van der Waals surface area contributed by atoms with Crippen molar-refractivity contribution >= 4 is 40.3 Å². The Morgan fingerprint density at radius 3 is 2.95 bits per heavy atom. The molecule has 2 N–H and O–H groups in total. The first kappa shape index (κ1) is 12.6. The number of hydrogen-bond donors (Lipinski definition) is 2. The van der Waals surface area contributed by atoms with E-state index in [0.717, 1.165) is 21.7 Å². The molecule has 2 aromatic heterocycles. The second kappa shape index (κ2) is 5.26. The van der Waals surface area contributed by atoms with Crippen LogP contribution < -0.4 is 5.32 Å². The van der Waals surface area contributed by atoms with Gasteiger partial charge in [-0.1, -0.05) is 12.1 Å². The molecule has 0 aliphatic rings. The number of anilines is 1. The first-order chi connectivity index (χ1) is 9.70. The monoisotopic (exact) mass is 284 g/mol. The van der Waals surface area contributed by atoms with Gasteiger partial charge in [0.25, 0.3) is 5.91 Å². The highest BCUT2D eigenvalue weighted by atomic mass is 32.1. The van der Waals surface area contributed by atoms with Crippen molar-refractivity contribution in [3.63, 3.8) is 0 Å². The van der Waals surface area contributed by atoms with Crippen LogP contribution in [0.5, 0.6) is 0 Å². The van der Waals surface area contributed by atoms with Gasteiger partial charge in [0.1, 0.15) is 0 Å². The molecule has 20 heavy (non-hydrogen) atoms. The molecule has 0 saturated heterocycles. The van der Waals surface area contributed by atoms with Crippen LogP contribution in [0.15, 0.2) is 35.7 Å². The Hall–Kier alpha value is -2.47. The Bertz CT molecular complexity index is 754. The van der Waals surface area contributed by atoms with Gasteiger partial charge in [-0.15, -0.1) is 11.3 Å². The number of nitrogens with one attached hydrogen (secondary N) is 2. The third kappa shape index (κ3) is 2.75. The van der Waals surface area contributed by atoms with Gasteiger partial charge < -0.3 is 4.98 Å². The van der Waals surface area contributed by atoms with Crippen LogP contribution in [-0.4, -0.2) is 20.9 Å². The van der Waals surface area contributed by atoms with Crippen molar-refractivity contribution in [1.82, 2.24) is 15.0 Å². The summed E-state index contributed by atoms with van der Waals surface area (Å²) in [5.74, 6) is 0.199. The summed E-state index contributed by atoms with van der Waals surface area (Å²) in [6.07, 6.45) is 3.13. The fourth-order valence-corrected chi connectivity index (χ4v) is 2.37. The van der Waals surface area contributed by atoms with Crippen LogP contribution in [0, 0.1) is 6.92 Å². The molecule has 3 aromatic rings. The number of hydrogen-bond acceptors (Lipinski definition) is 4. The van der Waals surface area contributed by atoms with E-state index >= 15 is 0 Å². The van der Waals surface area contributed by atoms with E-state index in [1.807, 2.05) is 36.6 Å². The minimum atomic E-state index is -0.241. The third-order valence-corrected chi connectivity index (χ3v) is 3.46. The number of para-hydroxylation sites is 2. The molecular formula is C14H12N4OS. The highest BCUT2D eigenvalue weighted by molar-refractivity contribution is 7.09. The van der Waals surface area contributed by atoms with Crippen molar-refractivity contribution in [2.45, 2.75) is 6.92 Å². The van der Waals surface area contributed by atoms with Crippen LogP contribution in [0.25, 0.3) is 17.1 Å². The van der Waals surface area contributed by atoms with Crippen molar-refractivity contribution in [2.24, 2.45) is 0 Å². The fraction of sp³-hybridized carbons (Fsp3) is 0.0714. The van der Waals surface area contributed by atoms with Gasteiger partial charge in [0.05, 0.1) is 21.7 Å². The second-order valence-corrected chi connectivity index (χ2v) is 5.28. The number of benzene rings is 1. The van der Waals surface area contributed by atoms with E-state index in [9.17, 15) is 4.79 Å². The lowest BCUT2D eigenvalue weighted by Crippen LogP contribution is -2.08. The lowest BCUT2D eigenvalue weighted by Gasteiger charge is -1.94. The number of rotatable bonds is 3. The van der Waals surface area contributed by atoms with Gasteiger partial charge in [0.2, 0.25) is 5.95 Å². The molecule has 0 aliphatic heterocycles. The summed E-state index contributed by atoms with van der Waals surface area (Å²) in [6.45, 7) is 1.93. The fourth-order valence-electron chi connectivity index (χ4n) is 1.79. The smallest absolute Gasteiger partial charge is 0.250 e. The van der Waals surface area contributed by atoms with Gasteiger partial charge >= 0.3 is 0 Å². The molecule has 0 unspecified atom stereocenters. The number of H-pyrrole nitrogens is 1. The second-order valence-electron chi connectivity index (χ2n) is 4.22. The molecule has 100 valence electrons. The summed E-state index contributed by atoms with van der Waals surface area (Å²) >= 11 is 1.55. The average Bonchev–Trinajstić information content (AvgIpc) is 3.01. The molecule has 0 atom stereocenters. The van der Waals surface area contributed by atoms with Gasteiger partial charge in [-0.05, 0) is 25.1 Å². The van der Waals surface area contributed by atoms with E-state index in [-0.39, 0.29) is 5.91 Å². The maximum absolute atomic E-state index is 11.8. The molecule has 5 nitrogen and oxygen atoms in total. The number of amides is 1. The summed E-state index contributed by atoms with van der Waals surface area (Å²) in [5.41, 5.74) is 2.50. The molecule has 0 bridgehead atoms. The number of imidazole rings is 1. The van der Waals surface area contributed by atoms with Gasteiger partial charge in [0, 0.05) is 11.5 Å². The molecule has 3 rings (SSSR count). The number of aromatic nitrogens is 3. The van der Waals surface area contributed by atoms with Gasteiger partial charge in [-0.25, -0.2) is 9.97 Å². The molecule has 0 fully saturated rings. The molecule has 1 amide bonds. The maximum Gasteiger partial charge on any atom is 0.250 e. The zero-order valence-corrected chi connectivity index (χ0v) is 11.6. The zero-order valence-electron chi connectivity index (χ0n) is 10.8. The molecular weight excluding hydrogens is 272 g/mol. The lowest BCUT2D eigenvalue weighted by molar-refractivity contribution is -0.111. The van der Waals surface area contributed by atoms with E-state index in [1.54, 1.807) is 17.4 Å². The Kier molecular flexibility index (Phi) is 3.30. The standard InChI is InChI=1S/C14H12N4OS/c1-9-15-10(8-20-9)6-7-13(19)18-14-16-11-4-2-3-5-12(11)17-14/h2-8H,1H3,(H2,16,17,18,19). The van der Waals surface area contributed by atoms with Crippen molar-refractivity contribution in [2.75, 3.05) is 5.32 Å². The summed E-state index contributed by atoms with van der Waals surface area (Å²) < 4.78 is 0. The Morgan fingerprint density at radius 2 is 2.20 bits per heavy atom. The zero-order chi connectivity index (χ0) is 13.9. The van der Waals surface area contributed by atoms with Crippen LogP contribution >= 0.6 is 11.3 Å². The molecule has 0 spiro atoms. The topological polar surface area (TPSA) is 70.7 Å². The number of fused-ring (bicyclic) bond motifs is 1. The van der Waals surface area contributed by atoms with Gasteiger partial charge in [-0.3, -0.25) is 10.1 Å². The van der Waals surface area contributed by atoms with Crippen LogP contribution in [0.1, 0.15) is 10.7 Å². The summed E-state index contributed by atoms with van der Waals surface area (Å²) in [6, 6.07) is 7.61. The number of carbonyl (C=O) groups excluding carboxylic acids is 1. The lowest BCUT2D eigenvalue weighted by atomic mass is 10.3. The van der Waals surface area contributed by atoms with Crippen LogP contribution in [0.3, 0.4) is 0 Å². The number of carbonyl (C=O) groups is 1. The van der Waals surface area contributed by atoms with Crippen molar-refractivity contribution in [3.8, 4) is 0 Å². The third-order valence-electron chi connectivity index (χ3n) is 2.67. The van der Waals surface area contributed by atoms with Crippen molar-refractivity contribution in [1.29, 1.82) is 0 Å². The predicted octanol–water partition coefficient (Wildman–Crippen LogP) is 2.98. The van der Waals surface area contributed by atoms with Crippen molar-refractivity contribution in [3.05, 3.63) is 46.4 Å². The minimum absolute atomic E-state index is 0.241. The largest absolute Gasteiger partial charge is 0.324 e. The van der Waals surface area contributed by atoms with Crippen LogP contribution in [0.2, 0.25) is 0 Å². The highest BCUT2D eigenvalue weighted by Gasteiger charge is 2.04. The average molecular weight is 284 g/mol. The first-order valence-electron chi connectivity index (χ1n) is 6.07. The SMILES string of the molecule is Cc1nc(C=CC(=O)Nc2nc3ccccc3[nH]2)cs1. The number of aryl methyl sites for hydroxylation is 1. The summed E-state index contributed by atoms with van der Waals surface area (Å²) in [5, 5.41) is 5.57. The van der Waals surface area contributed by atoms with E-state index in [4.69, 9.17) is 0 Å². The Balaban J connectivity index is 1.70. The Labute approximate surface area is 119 Å². The van der Waals surface area contributed by atoms with E-state index < -0.39 is 0 Å². The highest BCUT2D eigenvalue weighted by Crippen LogP contribution is 2.13. The normalized spacial score (nSPS) is 11.2. The molecule has 0 saturated carbocycles. The quantitative estimate of drug-likeness (QED) is 0.726. The van der Waals surface area contributed by atoms with Gasteiger partial charge in [0.15, 0.2) is 0 Å². The maximum atomic E-state index is 11.8. The number of aromatic amines is 1. The van der Waals surface area contributed by atoms with Gasteiger partial charge in [-0.2, -0.15) is 0 Å². The number of thiazole rings is 1. The summed E-state index contributed by atoms with van der Waals surface area (Å²) in [7, 11) is 0. The molecule has 0 radical (unpaired) electrons. The molecule has 6 heteroatoms. The molecule has 1 aromatic carbocycles. The van der Waals surface area contributed by atoms with Crippen LogP contribution in [-0.2, 0) is 4.79 Å². The Morgan fingerprint density at radius 1 is 1.35 bits per heavy atom. The van der Waals surface area contributed by atoms with Crippen LogP contribution in [0.4, 0.5) is 5.95 Å². The van der Waals surface area contributed by atoms with E-state index in [0.29, 0.717) is 5.95 Å².